The molecule has 0 aliphatic heterocycles. The molecule has 0 saturated heterocycles. The van der Waals surface area contributed by atoms with Crippen molar-refractivity contribution in [2.75, 3.05) is 0 Å². The van der Waals surface area contributed by atoms with Gasteiger partial charge in [0.25, 0.3) is 1.43 Å². The van der Waals surface area contributed by atoms with Crippen molar-refractivity contribution >= 4 is 0 Å². The molecule has 0 heterocycles. The van der Waals surface area contributed by atoms with E-state index in [0.717, 1.165) is 19.3 Å². The predicted octanol–water partition coefficient (Wildman–Crippen LogP) is 4.30. The van der Waals surface area contributed by atoms with Gasteiger partial charge in [0.2, 0.25) is 0 Å². The Bertz CT molecular complexity index is 448. The number of hydrogen-bond donors (Lipinski definition) is 1. The maximum atomic E-state index is 7.87. The summed E-state index contributed by atoms with van der Waals surface area (Å²) in [5, 5.41) is 4.43. The van der Waals surface area contributed by atoms with Gasteiger partial charge in [-0.1, -0.05) is 57.2 Å². The Kier molecular flexibility index (Phi) is 3.21. The molecular weight excluding hydrogens is 184 g/mol. The van der Waals surface area contributed by atoms with Crippen LogP contribution in [0.3, 0.4) is 0 Å². The number of hydrogen-bond acceptors (Lipinski definition) is 1. The number of unbranched alkanes of at least 4 members (excludes halogenated alkanes) is 5. The lowest BCUT2D eigenvalue weighted by atomic mass is 10.0. The van der Waals surface area contributed by atoms with Crippen molar-refractivity contribution in [1.29, 1.82) is 1.43 Å². The Hall–Kier alpha value is -0.980. The third kappa shape index (κ3) is 4.87. The van der Waals surface area contributed by atoms with E-state index in [0.29, 0.717) is 12.0 Å². The van der Waals surface area contributed by atoms with Crippen molar-refractivity contribution in [2.24, 2.45) is 0 Å². The lowest BCUT2D eigenvalue weighted by molar-refractivity contribution is 0.466. The summed E-state index contributed by atoms with van der Waals surface area (Å²) < 4.78 is 37.8. The molecule has 1 nitrogen and oxygen atoms in total. The molecule has 84 valence electrons. The summed E-state index contributed by atoms with van der Waals surface area (Å²) >= 11 is 0. The highest BCUT2D eigenvalue weighted by atomic mass is 16.3. The van der Waals surface area contributed by atoms with Crippen LogP contribution in [-0.2, 0) is 6.42 Å². The third-order valence-corrected chi connectivity index (χ3v) is 2.51. The smallest absolute Gasteiger partial charge is 0.293 e. The fourth-order valence-electron chi connectivity index (χ4n) is 1.59. The van der Waals surface area contributed by atoms with Crippen molar-refractivity contribution in [3.63, 3.8) is 0 Å². The van der Waals surface area contributed by atoms with Crippen LogP contribution < -0.4 is 0 Å². The highest BCUT2D eigenvalue weighted by molar-refractivity contribution is 5.31. The molecule has 1 aromatic carbocycles. The van der Waals surface area contributed by atoms with E-state index in [9.17, 15) is 0 Å². The molecule has 1 heteroatoms. The second-order valence-corrected chi connectivity index (χ2v) is 3.83. The van der Waals surface area contributed by atoms with Crippen LogP contribution in [0.1, 0.15) is 56.5 Å². The van der Waals surface area contributed by atoms with E-state index in [-0.39, 0.29) is 29.9 Å². The second-order valence-electron chi connectivity index (χ2n) is 3.83. The van der Waals surface area contributed by atoms with Crippen molar-refractivity contribution in [3.8, 4) is 5.75 Å². The van der Waals surface area contributed by atoms with E-state index >= 15 is 0 Å². The number of phenols is 1. The van der Waals surface area contributed by atoms with Gasteiger partial charge in [0.05, 0.1) is 5.48 Å². The SMILES string of the molecule is [2H]Oc1c([2H])c([2H])c([2H])c([2H])c1CCCCCCCC. The molecule has 0 fully saturated rings. The largest absolute Gasteiger partial charge is 0.508 e. The van der Waals surface area contributed by atoms with Gasteiger partial charge in [-0.05, 0) is 24.4 Å². The highest BCUT2D eigenvalue weighted by Gasteiger charge is 1.98. The van der Waals surface area contributed by atoms with Crippen LogP contribution in [0.2, 0.25) is 0 Å². The lowest BCUT2D eigenvalue weighted by Crippen LogP contribution is -1.86. The first-order chi connectivity index (χ1) is 9.54. The second kappa shape index (κ2) is 7.33. The van der Waals surface area contributed by atoms with Gasteiger partial charge in [0.1, 0.15) is 5.75 Å². The fourth-order valence-corrected chi connectivity index (χ4v) is 1.59. The molecule has 0 aliphatic carbocycles. The fraction of sp³-hybridized carbons (Fsp3) is 0.571. The monoisotopic (exact) mass is 211 g/mol. The average Bonchev–Trinajstić information content (AvgIpc) is 2.45. The first kappa shape index (κ1) is 6.57. The number of rotatable bonds is 8. The van der Waals surface area contributed by atoms with Crippen LogP contribution in [0.25, 0.3) is 0 Å². The summed E-state index contributed by atoms with van der Waals surface area (Å²) in [5.41, 5.74) is 0.418. The summed E-state index contributed by atoms with van der Waals surface area (Å²) in [6, 6.07) is -0.940. The normalized spacial score (nSPS) is 14.9. The maximum Gasteiger partial charge on any atom is 0.293 e. The average molecular weight is 211 g/mol. The van der Waals surface area contributed by atoms with Crippen molar-refractivity contribution in [1.82, 2.24) is 0 Å². The van der Waals surface area contributed by atoms with Crippen LogP contribution in [0.4, 0.5) is 0 Å². The van der Waals surface area contributed by atoms with Gasteiger partial charge in [-0.3, -0.25) is 0 Å². The van der Waals surface area contributed by atoms with E-state index in [1.807, 2.05) is 0 Å². The first-order valence-electron chi connectivity index (χ1n) is 8.17. The van der Waals surface area contributed by atoms with Crippen molar-refractivity contribution in [3.05, 3.63) is 29.7 Å². The van der Waals surface area contributed by atoms with Gasteiger partial charge in [-0.25, -0.2) is 0 Å². The van der Waals surface area contributed by atoms with Gasteiger partial charge in [0, 0.05) is 0 Å². The maximum absolute atomic E-state index is 7.87. The van der Waals surface area contributed by atoms with Gasteiger partial charge in [-0.15, -0.1) is 0 Å². The van der Waals surface area contributed by atoms with Crippen LogP contribution in [0, 0.1) is 0 Å². The van der Waals surface area contributed by atoms with E-state index in [2.05, 4.69) is 12.0 Å². The predicted molar refractivity (Wildman–Crippen MR) is 65.2 cm³/mol. The Morgan fingerprint density at radius 3 is 2.67 bits per heavy atom. The van der Waals surface area contributed by atoms with E-state index < -0.39 is 0 Å². The number of para-hydroxylation sites is 1. The summed E-state index contributed by atoms with van der Waals surface area (Å²) in [7, 11) is 0. The first-order valence-corrected chi connectivity index (χ1v) is 5.76. The van der Waals surface area contributed by atoms with Crippen LogP contribution in [0.15, 0.2) is 24.2 Å². The topological polar surface area (TPSA) is 20.2 Å². The molecule has 0 aromatic heterocycles. The Morgan fingerprint density at radius 1 is 1.13 bits per heavy atom. The molecule has 0 saturated carbocycles. The molecule has 1 rings (SSSR count). The van der Waals surface area contributed by atoms with Gasteiger partial charge in [0.15, 0.2) is 0 Å². The lowest BCUT2D eigenvalue weighted by Gasteiger charge is -2.03. The number of aromatic hydroxyl groups is 1. The van der Waals surface area contributed by atoms with E-state index in [1.54, 1.807) is 0 Å². The molecule has 0 unspecified atom stereocenters. The Labute approximate surface area is 100 Å². The van der Waals surface area contributed by atoms with E-state index in [4.69, 9.17) is 6.91 Å². The molecule has 0 bridgehead atoms. The Balaban J connectivity index is 2.74. The quantitative estimate of drug-likeness (QED) is 0.636. The molecule has 0 radical (unpaired) electrons. The zero-order valence-electron chi connectivity index (χ0n) is 14.4. The van der Waals surface area contributed by atoms with Gasteiger partial charge in [-0.2, -0.15) is 0 Å². The summed E-state index contributed by atoms with van der Waals surface area (Å²) in [6.45, 7) is 2.16. The summed E-state index contributed by atoms with van der Waals surface area (Å²) in [4.78, 5) is 0. The highest BCUT2D eigenvalue weighted by Crippen LogP contribution is 2.18. The van der Waals surface area contributed by atoms with Crippen LogP contribution >= 0.6 is 0 Å². The van der Waals surface area contributed by atoms with Gasteiger partial charge >= 0.3 is 0 Å². The number of phenolic OH excluding ortho intramolecular Hbond substituents is 1. The molecule has 0 atom stereocenters. The minimum absolute atomic E-state index is 0.0374. The van der Waals surface area contributed by atoms with E-state index in [1.165, 1.54) is 19.3 Å². The zero-order valence-corrected chi connectivity index (χ0v) is 9.36. The van der Waals surface area contributed by atoms with Crippen LogP contribution in [-0.4, -0.2) is 6.54 Å². The molecule has 0 aliphatic rings. The zero-order chi connectivity index (χ0) is 15.1. The molecule has 1 aromatic rings. The van der Waals surface area contributed by atoms with Gasteiger partial charge < -0.3 is 5.11 Å². The van der Waals surface area contributed by atoms with Crippen molar-refractivity contribution < 1.29 is 10.6 Å². The molecule has 1 N–H and O–H groups in total. The molecule has 0 spiro atoms. The number of benzene rings is 1. The molecule has 0 amide bonds. The molecular formula is C14H22O. The van der Waals surface area contributed by atoms with Crippen LogP contribution in [0.5, 0.6) is 5.75 Å². The minimum Gasteiger partial charge on any atom is -0.508 e. The third-order valence-electron chi connectivity index (χ3n) is 2.51. The summed E-state index contributed by atoms with van der Waals surface area (Å²) in [5.74, 6) is -0.0374. The van der Waals surface area contributed by atoms with Crippen molar-refractivity contribution in [2.45, 2.75) is 51.9 Å². The molecule has 15 heavy (non-hydrogen) atoms. The summed E-state index contributed by atoms with van der Waals surface area (Å²) in [6.07, 6.45) is 7.16. The Morgan fingerprint density at radius 2 is 1.87 bits per heavy atom. The standard InChI is InChI=1S/C14H22O/c1-2-3-4-5-6-7-10-13-11-8-9-12-14(13)15/h8-9,11-12,15H,2-7,10H2,1H3/i8D,9D,11D,12D/hD. The minimum atomic E-state index is -0.344.